The highest BCUT2D eigenvalue weighted by molar-refractivity contribution is 5.78. The summed E-state index contributed by atoms with van der Waals surface area (Å²) in [6, 6.07) is 6.29. The zero-order valence-electron chi connectivity index (χ0n) is 21.2. The quantitative estimate of drug-likeness (QED) is 0.443. The van der Waals surface area contributed by atoms with Gasteiger partial charge in [0.1, 0.15) is 0 Å². The van der Waals surface area contributed by atoms with Gasteiger partial charge in [0.2, 0.25) is 12.7 Å². The molecule has 0 aliphatic carbocycles. The van der Waals surface area contributed by atoms with E-state index in [1.54, 1.807) is 0 Å². The summed E-state index contributed by atoms with van der Waals surface area (Å²) in [7, 11) is 0. The Morgan fingerprint density at radius 1 is 1.09 bits per heavy atom. The second-order valence-corrected chi connectivity index (χ2v) is 10.2. The maximum absolute atomic E-state index is 13.5. The normalized spacial score (nSPS) is 24.7. The Bertz CT molecular complexity index is 804. The van der Waals surface area contributed by atoms with Crippen molar-refractivity contribution in [3.8, 4) is 11.5 Å². The molecule has 7 heteroatoms. The molecule has 3 aliphatic heterocycles. The van der Waals surface area contributed by atoms with Crippen LogP contribution in [0.4, 0.5) is 0 Å². The van der Waals surface area contributed by atoms with Gasteiger partial charge in [-0.05, 0) is 56.2 Å². The van der Waals surface area contributed by atoms with Crippen LogP contribution in [0.5, 0.6) is 11.5 Å². The average molecular weight is 475 g/mol. The number of rotatable bonds is 12. The highest BCUT2D eigenvalue weighted by atomic mass is 16.7. The minimum absolute atomic E-state index is 0.0901. The zero-order valence-corrected chi connectivity index (χ0v) is 21.2. The first kappa shape index (κ1) is 25.3. The van der Waals surface area contributed by atoms with E-state index in [9.17, 15) is 4.79 Å². The van der Waals surface area contributed by atoms with Crippen LogP contribution in [0.1, 0.15) is 77.2 Å². The predicted molar refractivity (Wildman–Crippen MR) is 131 cm³/mol. The Balaban J connectivity index is 1.48. The van der Waals surface area contributed by atoms with Crippen molar-refractivity contribution in [2.45, 2.75) is 83.5 Å². The number of nitrogens with zero attached hydrogens (tertiary/aromatic N) is 2. The van der Waals surface area contributed by atoms with Crippen LogP contribution in [0, 0.1) is 0 Å². The first-order valence-electron chi connectivity index (χ1n) is 13.2. The molecule has 2 saturated heterocycles. The van der Waals surface area contributed by atoms with E-state index >= 15 is 0 Å². The highest BCUT2D eigenvalue weighted by Gasteiger charge is 2.44. The number of hydrogen-bond donors (Lipinski definition) is 0. The minimum Gasteiger partial charge on any atom is -0.454 e. The second kappa shape index (κ2) is 11.7. The summed E-state index contributed by atoms with van der Waals surface area (Å²) in [5, 5.41) is 0. The summed E-state index contributed by atoms with van der Waals surface area (Å²) in [5.41, 5.74) is 1.17. The topological polar surface area (TPSA) is 60.5 Å². The molecule has 0 spiro atoms. The van der Waals surface area contributed by atoms with Crippen molar-refractivity contribution in [1.82, 2.24) is 9.80 Å². The lowest BCUT2D eigenvalue weighted by molar-refractivity contribution is -0.133. The van der Waals surface area contributed by atoms with E-state index in [2.05, 4.69) is 42.7 Å². The molecule has 0 aromatic heterocycles. The largest absolute Gasteiger partial charge is 0.454 e. The summed E-state index contributed by atoms with van der Waals surface area (Å²) < 4.78 is 22.6. The Morgan fingerprint density at radius 3 is 2.50 bits per heavy atom. The van der Waals surface area contributed by atoms with Gasteiger partial charge < -0.3 is 23.8 Å². The predicted octanol–water partition coefficient (Wildman–Crippen LogP) is 4.55. The number of ether oxygens (including phenoxy) is 4. The third-order valence-corrected chi connectivity index (χ3v) is 7.61. The summed E-state index contributed by atoms with van der Waals surface area (Å²) in [6.07, 6.45) is 6.99. The van der Waals surface area contributed by atoms with E-state index < -0.39 is 0 Å². The molecular formula is C27H42N2O5. The molecule has 2 atom stereocenters. The van der Waals surface area contributed by atoms with Crippen LogP contribution in [0.25, 0.3) is 0 Å². The summed E-state index contributed by atoms with van der Waals surface area (Å²) in [5.74, 6) is 2.24. The fraction of sp³-hybridized carbons (Fsp3) is 0.741. The fourth-order valence-corrected chi connectivity index (χ4v) is 5.44. The molecule has 4 rings (SSSR count). The number of unbranched alkanes of at least 4 members (excludes halogenated alkanes) is 2. The van der Waals surface area contributed by atoms with Crippen molar-refractivity contribution in [3.05, 3.63) is 23.8 Å². The first-order valence-corrected chi connectivity index (χ1v) is 13.2. The second-order valence-electron chi connectivity index (χ2n) is 10.2. The molecule has 1 aromatic carbocycles. The standard InChI is InChI=1S/C27H42N2O5/c1-4-6-12-28(13-7-5-2)25(30)19-29-18-22(21-8-9-23-24(16-21)34-20-33-23)17-27(29,3)11-10-26-31-14-15-32-26/h8-9,16,22,26H,4-7,10-15,17-20H2,1-3H3/t22-,27?/m1/s1. The molecular weight excluding hydrogens is 432 g/mol. The third-order valence-electron chi connectivity index (χ3n) is 7.61. The van der Waals surface area contributed by atoms with Gasteiger partial charge in [0.15, 0.2) is 17.8 Å². The van der Waals surface area contributed by atoms with Gasteiger partial charge in [-0.3, -0.25) is 9.69 Å². The zero-order chi connectivity index (χ0) is 24.0. The number of likely N-dealkylation sites (tertiary alicyclic amines) is 1. The molecule has 3 heterocycles. The van der Waals surface area contributed by atoms with E-state index in [0.717, 1.165) is 76.1 Å². The van der Waals surface area contributed by atoms with E-state index in [1.807, 2.05) is 6.07 Å². The first-order chi connectivity index (χ1) is 16.5. The van der Waals surface area contributed by atoms with Crippen molar-refractivity contribution in [1.29, 1.82) is 0 Å². The molecule has 0 radical (unpaired) electrons. The number of fused-ring (bicyclic) bond motifs is 1. The van der Waals surface area contributed by atoms with Crippen LogP contribution in [0.15, 0.2) is 18.2 Å². The Morgan fingerprint density at radius 2 is 1.79 bits per heavy atom. The number of carbonyl (C=O) groups excluding carboxylic acids is 1. The SMILES string of the molecule is CCCCN(CCCC)C(=O)CN1C[C@H](c2ccc3c(c2)OCO3)CC1(C)CCC1OCCO1. The summed E-state index contributed by atoms with van der Waals surface area (Å²) in [6.45, 7) is 11.4. The Labute approximate surface area is 204 Å². The molecule has 1 amide bonds. The van der Waals surface area contributed by atoms with Gasteiger partial charge in [0, 0.05) is 31.6 Å². The van der Waals surface area contributed by atoms with Crippen LogP contribution in [-0.4, -0.2) is 73.7 Å². The van der Waals surface area contributed by atoms with Gasteiger partial charge in [-0.15, -0.1) is 0 Å². The smallest absolute Gasteiger partial charge is 0.236 e. The van der Waals surface area contributed by atoms with Gasteiger partial charge in [-0.2, -0.15) is 0 Å². The molecule has 1 unspecified atom stereocenters. The number of amides is 1. The van der Waals surface area contributed by atoms with Crippen molar-refractivity contribution in [2.75, 3.05) is 46.2 Å². The Kier molecular flexibility index (Phi) is 8.72. The van der Waals surface area contributed by atoms with E-state index in [1.165, 1.54) is 5.56 Å². The molecule has 0 saturated carbocycles. The van der Waals surface area contributed by atoms with Crippen molar-refractivity contribution >= 4 is 5.91 Å². The maximum atomic E-state index is 13.5. The molecule has 0 N–H and O–H groups in total. The minimum atomic E-state index is -0.121. The van der Waals surface area contributed by atoms with E-state index in [4.69, 9.17) is 18.9 Å². The Hall–Kier alpha value is -1.83. The summed E-state index contributed by atoms with van der Waals surface area (Å²) >= 11 is 0. The summed E-state index contributed by atoms with van der Waals surface area (Å²) in [4.78, 5) is 18.0. The van der Waals surface area contributed by atoms with E-state index in [-0.39, 0.29) is 24.5 Å². The van der Waals surface area contributed by atoms with Crippen LogP contribution in [-0.2, 0) is 14.3 Å². The van der Waals surface area contributed by atoms with Gasteiger partial charge in [-0.1, -0.05) is 32.8 Å². The number of hydrogen-bond acceptors (Lipinski definition) is 6. The van der Waals surface area contributed by atoms with Crippen LogP contribution in [0.3, 0.4) is 0 Å². The van der Waals surface area contributed by atoms with Crippen LogP contribution in [0.2, 0.25) is 0 Å². The molecule has 0 bridgehead atoms. The van der Waals surface area contributed by atoms with Crippen LogP contribution < -0.4 is 9.47 Å². The van der Waals surface area contributed by atoms with Gasteiger partial charge >= 0.3 is 0 Å². The average Bonchev–Trinajstić information content (AvgIpc) is 3.58. The van der Waals surface area contributed by atoms with Gasteiger partial charge in [-0.25, -0.2) is 0 Å². The van der Waals surface area contributed by atoms with E-state index in [0.29, 0.717) is 25.7 Å². The molecule has 1 aromatic rings. The molecule has 3 aliphatic rings. The maximum Gasteiger partial charge on any atom is 0.236 e. The third kappa shape index (κ3) is 6.04. The molecule has 2 fully saturated rings. The fourth-order valence-electron chi connectivity index (χ4n) is 5.44. The van der Waals surface area contributed by atoms with Gasteiger partial charge in [0.25, 0.3) is 0 Å². The van der Waals surface area contributed by atoms with Crippen molar-refractivity contribution < 1.29 is 23.7 Å². The van der Waals surface area contributed by atoms with Crippen LogP contribution >= 0.6 is 0 Å². The number of benzene rings is 1. The highest BCUT2D eigenvalue weighted by Crippen LogP contribution is 2.44. The lowest BCUT2D eigenvalue weighted by Crippen LogP contribution is -2.48. The lowest BCUT2D eigenvalue weighted by Gasteiger charge is -2.36. The monoisotopic (exact) mass is 474 g/mol. The number of carbonyl (C=O) groups is 1. The molecule has 190 valence electrons. The van der Waals surface area contributed by atoms with Crippen molar-refractivity contribution in [2.24, 2.45) is 0 Å². The van der Waals surface area contributed by atoms with Gasteiger partial charge in [0.05, 0.1) is 19.8 Å². The lowest BCUT2D eigenvalue weighted by atomic mass is 9.86. The molecule has 7 nitrogen and oxygen atoms in total. The molecule has 34 heavy (non-hydrogen) atoms. The van der Waals surface area contributed by atoms with Crippen molar-refractivity contribution in [3.63, 3.8) is 0 Å².